The van der Waals surface area contributed by atoms with E-state index in [2.05, 4.69) is 20.4 Å². The summed E-state index contributed by atoms with van der Waals surface area (Å²) in [6.45, 7) is 7.75. The van der Waals surface area contributed by atoms with Crippen LogP contribution in [0.2, 0.25) is 0 Å². The Balaban J connectivity index is 2.04. The normalized spacial score (nSPS) is 15.3. The van der Waals surface area contributed by atoms with Gasteiger partial charge in [-0.25, -0.2) is 18.2 Å². The predicted octanol–water partition coefficient (Wildman–Crippen LogP) is 4.46. The number of hydrogen-bond donors (Lipinski definition) is 3. The van der Waals surface area contributed by atoms with Crippen molar-refractivity contribution < 1.29 is 18.0 Å². The van der Waals surface area contributed by atoms with Crippen molar-refractivity contribution in [3.63, 3.8) is 0 Å². The van der Waals surface area contributed by atoms with E-state index in [0.29, 0.717) is 11.0 Å². The van der Waals surface area contributed by atoms with Crippen molar-refractivity contribution >= 4 is 16.9 Å². The average molecular weight is 451 g/mol. The standard InChI is InChI=1S/C22H29F3N6O/c1-11(2)31-16(8-9-27-31)20(32)30-17(18(23)22(4,5)21(24)25)19-28-14-7-6-13(12(3)26)10-15(14)29-19/h6-12,17-18,21H,26H2,1-5H3,(H,28,29)(H,30,32)/t12?,17-,18?/m1/s1. The number of benzene rings is 1. The lowest BCUT2D eigenvalue weighted by atomic mass is 9.83. The molecule has 0 radical (unpaired) electrons. The van der Waals surface area contributed by atoms with Crippen LogP contribution < -0.4 is 11.1 Å². The number of H-pyrrole nitrogens is 1. The number of nitrogens with one attached hydrogen (secondary N) is 2. The number of halogens is 3. The van der Waals surface area contributed by atoms with Crippen LogP contribution in [0, 0.1) is 5.41 Å². The molecule has 32 heavy (non-hydrogen) atoms. The molecule has 0 bridgehead atoms. The lowest BCUT2D eigenvalue weighted by Crippen LogP contribution is -2.45. The second kappa shape index (κ2) is 8.93. The molecule has 10 heteroatoms. The minimum Gasteiger partial charge on any atom is -0.340 e. The van der Waals surface area contributed by atoms with Gasteiger partial charge >= 0.3 is 0 Å². The largest absolute Gasteiger partial charge is 0.340 e. The number of aromatic amines is 1. The van der Waals surface area contributed by atoms with Gasteiger partial charge in [-0.3, -0.25) is 9.48 Å². The van der Waals surface area contributed by atoms with Gasteiger partial charge in [-0.1, -0.05) is 19.9 Å². The van der Waals surface area contributed by atoms with Crippen molar-refractivity contribution in [1.29, 1.82) is 0 Å². The van der Waals surface area contributed by atoms with Crippen LogP contribution >= 0.6 is 0 Å². The molecule has 0 saturated heterocycles. The third-order valence-electron chi connectivity index (χ3n) is 5.59. The minimum atomic E-state index is -2.95. The van der Waals surface area contributed by atoms with Crippen LogP contribution in [-0.2, 0) is 0 Å². The van der Waals surface area contributed by atoms with Crippen LogP contribution in [-0.4, -0.2) is 38.3 Å². The minimum absolute atomic E-state index is 0.0482. The molecule has 3 rings (SSSR count). The molecule has 7 nitrogen and oxygen atoms in total. The van der Waals surface area contributed by atoms with E-state index in [9.17, 15) is 13.6 Å². The van der Waals surface area contributed by atoms with Crippen LogP contribution in [0.15, 0.2) is 30.5 Å². The Morgan fingerprint density at radius 3 is 2.47 bits per heavy atom. The van der Waals surface area contributed by atoms with Crippen LogP contribution in [0.25, 0.3) is 11.0 Å². The van der Waals surface area contributed by atoms with E-state index in [1.54, 1.807) is 18.2 Å². The number of fused-ring (bicyclic) bond motifs is 1. The molecule has 2 aromatic heterocycles. The smallest absolute Gasteiger partial charge is 0.270 e. The molecule has 2 heterocycles. The Labute approximate surface area is 184 Å². The molecule has 3 aromatic rings. The van der Waals surface area contributed by atoms with Crippen molar-refractivity contribution in [3.8, 4) is 0 Å². The Hall–Kier alpha value is -2.88. The molecule has 4 N–H and O–H groups in total. The Morgan fingerprint density at radius 2 is 1.88 bits per heavy atom. The van der Waals surface area contributed by atoms with Gasteiger partial charge in [-0.05, 0) is 44.5 Å². The quantitative estimate of drug-likeness (QED) is 0.472. The zero-order valence-electron chi connectivity index (χ0n) is 18.7. The first-order chi connectivity index (χ1) is 14.9. The van der Waals surface area contributed by atoms with Gasteiger partial charge in [0.1, 0.15) is 23.7 Å². The number of amides is 1. The second-order valence-corrected chi connectivity index (χ2v) is 8.92. The summed E-state index contributed by atoms with van der Waals surface area (Å²) in [4.78, 5) is 20.4. The van der Waals surface area contributed by atoms with Gasteiger partial charge in [-0.15, -0.1) is 0 Å². The van der Waals surface area contributed by atoms with Crippen LogP contribution in [0.3, 0.4) is 0 Å². The Kier molecular flexibility index (Phi) is 6.64. The number of nitrogens with zero attached hydrogens (tertiary/aromatic N) is 3. The number of imidazole rings is 1. The van der Waals surface area contributed by atoms with E-state index in [-0.39, 0.29) is 23.6 Å². The van der Waals surface area contributed by atoms with Crippen molar-refractivity contribution in [1.82, 2.24) is 25.1 Å². The van der Waals surface area contributed by atoms with E-state index in [1.807, 2.05) is 20.8 Å². The van der Waals surface area contributed by atoms with E-state index in [0.717, 1.165) is 19.4 Å². The highest BCUT2D eigenvalue weighted by Crippen LogP contribution is 2.38. The van der Waals surface area contributed by atoms with Gasteiger partial charge in [0, 0.05) is 18.3 Å². The van der Waals surface area contributed by atoms with Crippen molar-refractivity contribution in [2.45, 2.75) is 65.3 Å². The highest BCUT2D eigenvalue weighted by Gasteiger charge is 2.45. The number of nitrogens with two attached hydrogens (primary N) is 1. The summed E-state index contributed by atoms with van der Waals surface area (Å²) in [6, 6.07) is 4.98. The molecule has 0 aliphatic heterocycles. The third kappa shape index (κ3) is 4.50. The van der Waals surface area contributed by atoms with Gasteiger partial charge in [-0.2, -0.15) is 5.10 Å². The number of hydrogen-bond acceptors (Lipinski definition) is 4. The molecule has 0 saturated carbocycles. The fourth-order valence-electron chi connectivity index (χ4n) is 3.43. The average Bonchev–Trinajstić information content (AvgIpc) is 3.37. The molecule has 0 aliphatic rings. The number of carbonyl (C=O) groups excluding carboxylic acids is 1. The van der Waals surface area contributed by atoms with Crippen molar-refractivity contribution in [2.75, 3.05) is 0 Å². The Morgan fingerprint density at radius 1 is 1.19 bits per heavy atom. The molecule has 0 fully saturated rings. The number of aromatic nitrogens is 4. The first kappa shape index (κ1) is 23.8. The van der Waals surface area contributed by atoms with Crippen molar-refractivity contribution in [3.05, 3.63) is 47.5 Å². The summed E-state index contributed by atoms with van der Waals surface area (Å²) >= 11 is 0. The monoisotopic (exact) mass is 450 g/mol. The van der Waals surface area contributed by atoms with Gasteiger partial charge < -0.3 is 16.0 Å². The van der Waals surface area contributed by atoms with E-state index in [1.165, 1.54) is 16.9 Å². The van der Waals surface area contributed by atoms with E-state index in [4.69, 9.17) is 5.73 Å². The first-order valence-corrected chi connectivity index (χ1v) is 10.4. The lowest BCUT2D eigenvalue weighted by molar-refractivity contribution is -0.0469. The highest BCUT2D eigenvalue weighted by molar-refractivity contribution is 5.93. The number of carbonyl (C=O) groups is 1. The van der Waals surface area contributed by atoms with Gasteiger partial charge in [0.25, 0.3) is 5.91 Å². The number of alkyl halides is 3. The summed E-state index contributed by atoms with van der Waals surface area (Å²) in [7, 11) is 0. The van der Waals surface area contributed by atoms with Gasteiger partial charge in [0.15, 0.2) is 0 Å². The zero-order chi connectivity index (χ0) is 23.8. The first-order valence-electron chi connectivity index (χ1n) is 10.4. The van der Waals surface area contributed by atoms with Crippen LogP contribution in [0.1, 0.15) is 74.6 Å². The van der Waals surface area contributed by atoms with Gasteiger partial charge in [0.2, 0.25) is 6.43 Å². The third-order valence-corrected chi connectivity index (χ3v) is 5.59. The number of rotatable bonds is 8. The second-order valence-electron chi connectivity index (χ2n) is 8.92. The molecular formula is C22H29F3N6O. The summed E-state index contributed by atoms with van der Waals surface area (Å²) in [5, 5.41) is 6.67. The fraction of sp³-hybridized carbons (Fsp3) is 0.500. The molecular weight excluding hydrogens is 421 g/mol. The summed E-state index contributed by atoms with van der Waals surface area (Å²) < 4.78 is 44.4. The maximum Gasteiger partial charge on any atom is 0.270 e. The molecule has 0 aliphatic carbocycles. The summed E-state index contributed by atoms with van der Waals surface area (Å²) in [6.07, 6.45) is -3.63. The molecule has 2 unspecified atom stereocenters. The van der Waals surface area contributed by atoms with Crippen LogP contribution in [0.5, 0.6) is 0 Å². The maximum atomic E-state index is 15.6. The Bertz CT molecular complexity index is 1090. The molecule has 174 valence electrons. The van der Waals surface area contributed by atoms with Crippen LogP contribution in [0.4, 0.5) is 13.2 Å². The fourth-order valence-corrected chi connectivity index (χ4v) is 3.43. The molecule has 1 amide bonds. The van der Waals surface area contributed by atoms with E-state index >= 15 is 4.39 Å². The SMILES string of the molecule is CC(N)c1ccc2nc([C@H](NC(=O)c3ccnn3C(C)C)C(F)C(C)(C)C(F)F)[nH]c2c1. The molecule has 0 spiro atoms. The molecule has 1 aromatic carbocycles. The topological polar surface area (TPSA) is 102 Å². The van der Waals surface area contributed by atoms with Gasteiger partial charge in [0.05, 0.1) is 16.4 Å². The van der Waals surface area contributed by atoms with Crippen molar-refractivity contribution in [2.24, 2.45) is 11.1 Å². The predicted molar refractivity (Wildman–Crippen MR) is 116 cm³/mol. The zero-order valence-corrected chi connectivity index (χ0v) is 18.7. The maximum absolute atomic E-state index is 15.6. The molecule has 3 atom stereocenters. The summed E-state index contributed by atoms with van der Waals surface area (Å²) in [5.41, 5.74) is 6.00. The lowest BCUT2D eigenvalue weighted by Gasteiger charge is -2.33. The highest BCUT2D eigenvalue weighted by atomic mass is 19.3. The summed E-state index contributed by atoms with van der Waals surface area (Å²) in [5.74, 6) is -0.586. The van der Waals surface area contributed by atoms with E-state index < -0.39 is 30.0 Å².